The highest BCUT2D eigenvalue weighted by molar-refractivity contribution is 9.11. The molecule has 0 fully saturated rings. The Morgan fingerprint density at radius 1 is 1.75 bits per heavy atom. The first-order valence-corrected chi connectivity index (χ1v) is 4.70. The van der Waals surface area contributed by atoms with Crippen molar-refractivity contribution in [2.24, 2.45) is 0 Å². The van der Waals surface area contributed by atoms with Crippen molar-refractivity contribution >= 4 is 21.8 Å². The fourth-order valence-corrected chi connectivity index (χ4v) is 1.64. The maximum Gasteiger partial charge on any atom is 0.246 e. The van der Waals surface area contributed by atoms with E-state index in [1.807, 2.05) is 0 Å². The molecule has 66 valence electrons. The molecular formula is C9H12BrNO. The average molecular weight is 230 g/mol. The Morgan fingerprint density at radius 2 is 2.42 bits per heavy atom. The van der Waals surface area contributed by atoms with E-state index in [0.717, 1.165) is 17.4 Å². The lowest BCUT2D eigenvalue weighted by Gasteiger charge is -2.26. The van der Waals surface area contributed by atoms with Gasteiger partial charge in [0.05, 0.1) is 6.54 Å². The molecule has 0 spiro atoms. The van der Waals surface area contributed by atoms with Crippen LogP contribution in [0.1, 0.15) is 13.3 Å². The molecule has 1 aliphatic rings. The molecule has 1 heterocycles. The van der Waals surface area contributed by atoms with E-state index in [-0.39, 0.29) is 5.91 Å². The van der Waals surface area contributed by atoms with Gasteiger partial charge in [-0.1, -0.05) is 28.1 Å². The van der Waals surface area contributed by atoms with E-state index in [1.54, 1.807) is 4.90 Å². The van der Waals surface area contributed by atoms with Crippen LogP contribution in [0.3, 0.4) is 0 Å². The van der Waals surface area contributed by atoms with Crippen molar-refractivity contribution in [3.05, 3.63) is 22.7 Å². The van der Waals surface area contributed by atoms with Crippen LogP contribution in [0.15, 0.2) is 22.7 Å². The van der Waals surface area contributed by atoms with E-state index in [2.05, 4.69) is 29.4 Å². The van der Waals surface area contributed by atoms with E-state index in [9.17, 15) is 4.79 Å². The van der Waals surface area contributed by atoms with Gasteiger partial charge in [0.1, 0.15) is 0 Å². The first kappa shape index (κ1) is 9.52. The molecule has 0 aromatic heterocycles. The van der Waals surface area contributed by atoms with E-state index >= 15 is 0 Å². The van der Waals surface area contributed by atoms with E-state index in [0.29, 0.717) is 6.54 Å². The molecule has 1 rings (SSSR count). The number of carbonyl (C=O) groups is 1. The number of amides is 1. The Kier molecular flexibility index (Phi) is 3.09. The van der Waals surface area contributed by atoms with Gasteiger partial charge in [0, 0.05) is 11.0 Å². The molecule has 1 aliphatic heterocycles. The highest BCUT2D eigenvalue weighted by Crippen LogP contribution is 2.21. The lowest BCUT2D eigenvalue weighted by atomic mass is 10.1. The second-order valence-electron chi connectivity index (χ2n) is 2.90. The van der Waals surface area contributed by atoms with E-state index in [4.69, 9.17) is 0 Å². The topological polar surface area (TPSA) is 20.3 Å². The van der Waals surface area contributed by atoms with Gasteiger partial charge in [0.25, 0.3) is 0 Å². The zero-order chi connectivity index (χ0) is 9.14. The monoisotopic (exact) mass is 229 g/mol. The van der Waals surface area contributed by atoms with Crippen LogP contribution in [0.2, 0.25) is 0 Å². The third-order valence-electron chi connectivity index (χ3n) is 2.04. The molecule has 0 unspecified atom stereocenters. The van der Waals surface area contributed by atoms with Crippen molar-refractivity contribution in [3.63, 3.8) is 0 Å². The van der Waals surface area contributed by atoms with Gasteiger partial charge in [0.15, 0.2) is 0 Å². The van der Waals surface area contributed by atoms with E-state index < -0.39 is 0 Å². The van der Waals surface area contributed by atoms with Gasteiger partial charge in [-0.2, -0.15) is 0 Å². The zero-order valence-electron chi connectivity index (χ0n) is 7.14. The summed E-state index contributed by atoms with van der Waals surface area (Å²) in [5, 5.41) is 0. The highest BCUT2D eigenvalue weighted by Gasteiger charge is 2.17. The number of halogens is 1. The third kappa shape index (κ3) is 1.97. The zero-order valence-corrected chi connectivity index (χ0v) is 8.73. The Morgan fingerprint density at radius 3 is 2.92 bits per heavy atom. The lowest BCUT2D eigenvalue weighted by Crippen LogP contribution is -2.34. The van der Waals surface area contributed by atoms with Gasteiger partial charge >= 0.3 is 0 Å². The molecule has 0 bridgehead atoms. The average Bonchev–Trinajstić information content (AvgIpc) is 2.08. The molecule has 0 radical (unpaired) electrons. The van der Waals surface area contributed by atoms with E-state index in [1.165, 1.54) is 11.6 Å². The van der Waals surface area contributed by atoms with Gasteiger partial charge in [-0.15, -0.1) is 0 Å². The van der Waals surface area contributed by atoms with Crippen molar-refractivity contribution in [3.8, 4) is 0 Å². The summed E-state index contributed by atoms with van der Waals surface area (Å²) in [6.45, 7) is 7.04. The maximum atomic E-state index is 11.2. The smallest absolute Gasteiger partial charge is 0.246 e. The van der Waals surface area contributed by atoms with Crippen LogP contribution in [0.5, 0.6) is 0 Å². The maximum absolute atomic E-state index is 11.2. The molecule has 3 heteroatoms. The molecule has 0 aromatic rings. The predicted molar refractivity (Wildman–Crippen MR) is 53.0 cm³/mol. The Balaban J connectivity index is 2.66. The molecule has 0 saturated carbocycles. The van der Waals surface area contributed by atoms with Crippen molar-refractivity contribution in [2.45, 2.75) is 13.3 Å². The summed E-state index contributed by atoms with van der Waals surface area (Å²) in [7, 11) is 0. The molecule has 1 amide bonds. The number of hydrogen-bond donors (Lipinski definition) is 0. The number of carbonyl (C=O) groups excluding carboxylic acids is 1. The van der Waals surface area contributed by atoms with Crippen LogP contribution < -0.4 is 0 Å². The quantitative estimate of drug-likeness (QED) is 0.631. The Bertz CT molecular complexity index is 245. The third-order valence-corrected chi connectivity index (χ3v) is 2.96. The first-order chi connectivity index (χ1) is 5.65. The van der Waals surface area contributed by atoms with Gasteiger partial charge < -0.3 is 4.90 Å². The Labute approximate surface area is 81.1 Å². The van der Waals surface area contributed by atoms with Crippen molar-refractivity contribution in [1.29, 1.82) is 0 Å². The van der Waals surface area contributed by atoms with Crippen LogP contribution >= 0.6 is 15.9 Å². The summed E-state index contributed by atoms with van der Waals surface area (Å²) in [6, 6.07) is 0. The number of rotatable bonds is 1. The minimum atomic E-state index is 0.0134. The van der Waals surface area contributed by atoms with Crippen LogP contribution in [-0.4, -0.2) is 23.9 Å². The summed E-state index contributed by atoms with van der Waals surface area (Å²) in [5.41, 5.74) is 1.34. The fraction of sp³-hybridized carbons (Fsp3) is 0.444. The predicted octanol–water partition coefficient (Wildman–Crippen LogP) is 2.07. The lowest BCUT2D eigenvalue weighted by molar-refractivity contribution is -0.125. The van der Waals surface area contributed by atoms with Crippen molar-refractivity contribution in [2.75, 3.05) is 13.1 Å². The molecule has 12 heavy (non-hydrogen) atoms. The van der Waals surface area contributed by atoms with Crippen LogP contribution in [0, 0.1) is 0 Å². The SMILES string of the molecule is C=CC(=O)N1CCC(C)=C(Br)C1. The highest BCUT2D eigenvalue weighted by atomic mass is 79.9. The largest absolute Gasteiger partial charge is 0.334 e. The molecule has 0 atom stereocenters. The standard InChI is InChI=1S/C9H12BrNO/c1-3-9(12)11-5-4-7(2)8(10)6-11/h3H,1,4-6H2,2H3. The van der Waals surface area contributed by atoms with Crippen LogP contribution in [0.4, 0.5) is 0 Å². The normalized spacial score (nSPS) is 18.0. The summed E-state index contributed by atoms with van der Waals surface area (Å²) in [5.74, 6) is 0.0134. The first-order valence-electron chi connectivity index (χ1n) is 3.90. The second-order valence-corrected chi connectivity index (χ2v) is 3.86. The minimum Gasteiger partial charge on any atom is -0.334 e. The molecule has 0 N–H and O–H groups in total. The number of nitrogens with zero attached hydrogens (tertiary/aromatic N) is 1. The van der Waals surface area contributed by atoms with Gasteiger partial charge in [-0.25, -0.2) is 0 Å². The summed E-state index contributed by atoms with van der Waals surface area (Å²) >= 11 is 3.44. The minimum absolute atomic E-state index is 0.0134. The molecule has 0 saturated heterocycles. The fourth-order valence-electron chi connectivity index (χ4n) is 1.14. The molecular weight excluding hydrogens is 218 g/mol. The Hall–Kier alpha value is -0.570. The second kappa shape index (κ2) is 3.90. The van der Waals surface area contributed by atoms with Crippen molar-refractivity contribution in [1.82, 2.24) is 4.90 Å². The number of hydrogen-bond acceptors (Lipinski definition) is 1. The molecule has 0 aromatic carbocycles. The van der Waals surface area contributed by atoms with Gasteiger partial charge in [0.2, 0.25) is 5.91 Å². The summed E-state index contributed by atoms with van der Waals surface area (Å²) in [6.07, 6.45) is 2.32. The van der Waals surface area contributed by atoms with Crippen LogP contribution in [-0.2, 0) is 4.79 Å². The van der Waals surface area contributed by atoms with Gasteiger partial charge in [-0.05, 0) is 19.4 Å². The molecule has 2 nitrogen and oxygen atoms in total. The summed E-state index contributed by atoms with van der Waals surface area (Å²) in [4.78, 5) is 13.0. The van der Waals surface area contributed by atoms with Crippen molar-refractivity contribution < 1.29 is 4.79 Å². The van der Waals surface area contributed by atoms with Gasteiger partial charge in [-0.3, -0.25) is 4.79 Å². The molecule has 0 aliphatic carbocycles. The van der Waals surface area contributed by atoms with Crippen LogP contribution in [0.25, 0.3) is 0 Å². The summed E-state index contributed by atoms with van der Waals surface area (Å²) < 4.78 is 1.13.